The topological polar surface area (TPSA) is 59.4 Å². The molecule has 2 rings (SSSR count). The molecule has 1 unspecified atom stereocenters. The van der Waals surface area contributed by atoms with E-state index in [1.807, 2.05) is 0 Å². The van der Waals surface area contributed by atoms with Crippen LogP contribution in [0, 0.1) is 0 Å². The zero-order valence-electron chi connectivity index (χ0n) is 7.85. The van der Waals surface area contributed by atoms with Crippen molar-refractivity contribution >= 4 is 17.3 Å². The van der Waals surface area contributed by atoms with Gasteiger partial charge in [-0.05, 0) is 18.2 Å². The Kier molecular flexibility index (Phi) is 2.66. The molecule has 0 amide bonds. The third-order valence-electron chi connectivity index (χ3n) is 2.20. The van der Waals surface area contributed by atoms with Crippen LogP contribution in [0.25, 0.3) is 0 Å². The first-order valence-electron chi connectivity index (χ1n) is 4.43. The molecule has 3 nitrogen and oxygen atoms in total. The lowest BCUT2D eigenvalue weighted by Crippen LogP contribution is -2.02. The van der Waals surface area contributed by atoms with Gasteiger partial charge in [0.2, 0.25) is 0 Å². The van der Waals surface area contributed by atoms with E-state index in [4.69, 9.17) is 21.8 Å². The first-order valence-corrected chi connectivity index (χ1v) is 4.81. The van der Waals surface area contributed by atoms with Crippen LogP contribution in [-0.4, -0.2) is 5.11 Å². The lowest BCUT2D eigenvalue weighted by molar-refractivity contribution is 0.220. The van der Waals surface area contributed by atoms with E-state index in [-0.39, 0.29) is 0 Å². The summed E-state index contributed by atoms with van der Waals surface area (Å²) < 4.78 is 4.89. The van der Waals surface area contributed by atoms with E-state index in [0.717, 1.165) is 0 Å². The molecule has 0 saturated heterocycles. The predicted molar refractivity (Wildman–Crippen MR) is 58.6 cm³/mol. The molecular weight excluding hydrogens is 214 g/mol. The van der Waals surface area contributed by atoms with Crippen molar-refractivity contribution in [3.63, 3.8) is 0 Å². The number of anilines is 1. The lowest BCUT2D eigenvalue weighted by atomic mass is 10.0. The molecule has 15 heavy (non-hydrogen) atoms. The summed E-state index contributed by atoms with van der Waals surface area (Å²) in [7, 11) is 0. The molecule has 0 bridgehead atoms. The average Bonchev–Trinajstić information content (AvgIpc) is 2.69. The highest BCUT2D eigenvalue weighted by atomic mass is 35.5. The van der Waals surface area contributed by atoms with Gasteiger partial charge in [-0.15, -0.1) is 0 Å². The molecule has 0 saturated carbocycles. The fraction of sp³-hybridized carbons (Fsp3) is 0.0909. The Morgan fingerprint density at radius 1 is 1.33 bits per heavy atom. The number of hydrogen-bond donors (Lipinski definition) is 2. The Labute approximate surface area is 92.1 Å². The number of halogens is 1. The number of benzene rings is 1. The Morgan fingerprint density at radius 2 is 2.13 bits per heavy atom. The van der Waals surface area contributed by atoms with E-state index >= 15 is 0 Å². The van der Waals surface area contributed by atoms with Gasteiger partial charge in [0.1, 0.15) is 6.10 Å². The summed E-state index contributed by atoms with van der Waals surface area (Å²) in [5, 5.41) is 10.5. The maximum Gasteiger partial charge on any atom is 0.109 e. The summed E-state index contributed by atoms with van der Waals surface area (Å²) >= 11 is 5.77. The minimum atomic E-state index is -0.777. The standard InChI is InChI=1S/C11H10ClNO2/c12-8-1-2-9(10(13)5-8)11(14)7-3-4-15-6-7/h1-6,11,14H,13H2. The van der Waals surface area contributed by atoms with Crippen LogP contribution in [0.3, 0.4) is 0 Å². The van der Waals surface area contributed by atoms with Gasteiger partial charge in [-0.2, -0.15) is 0 Å². The molecule has 2 aromatic rings. The molecule has 0 aliphatic rings. The summed E-state index contributed by atoms with van der Waals surface area (Å²) in [5.41, 5.74) is 7.52. The van der Waals surface area contributed by atoms with E-state index in [2.05, 4.69) is 0 Å². The van der Waals surface area contributed by atoms with Gasteiger partial charge < -0.3 is 15.3 Å². The van der Waals surface area contributed by atoms with Gasteiger partial charge in [-0.3, -0.25) is 0 Å². The van der Waals surface area contributed by atoms with Crippen molar-refractivity contribution in [1.82, 2.24) is 0 Å². The molecule has 3 N–H and O–H groups in total. The summed E-state index contributed by atoms with van der Waals surface area (Å²) in [5.74, 6) is 0. The summed E-state index contributed by atoms with van der Waals surface area (Å²) in [6.07, 6.45) is 2.21. The van der Waals surface area contributed by atoms with Gasteiger partial charge in [0, 0.05) is 21.8 Å². The fourth-order valence-corrected chi connectivity index (χ4v) is 1.59. The van der Waals surface area contributed by atoms with Gasteiger partial charge in [-0.25, -0.2) is 0 Å². The second-order valence-electron chi connectivity index (χ2n) is 3.23. The predicted octanol–water partition coefficient (Wildman–Crippen LogP) is 2.60. The van der Waals surface area contributed by atoms with Crippen molar-refractivity contribution in [2.75, 3.05) is 5.73 Å². The number of rotatable bonds is 2. The van der Waals surface area contributed by atoms with Crippen LogP contribution in [-0.2, 0) is 0 Å². The van der Waals surface area contributed by atoms with Crippen LogP contribution < -0.4 is 5.73 Å². The number of aliphatic hydroxyl groups excluding tert-OH is 1. The van der Waals surface area contributed by atoms with Crippen molar-refractivity contribution in [2.45, 2.75) is 6.10 Å². The van der Waals surface area contributed by atoms with Gasteiger partial charge >= 0.3 is 0 Å². The Balaban J connectivity index is 2.38. The van der Waals surface area contributed by atoms with Crippen LogP contribution >= 0.6 is 11.6 Å². The fourth-order valence-electron chi connectivity index (χ4n) is 1.40. The number of nitrogens with two attached hydrogens (primary N) is 1. The number of hydrogen-bond acceptors (Lipinski definition) is 3. The molecule has 0 radical (unpaired) electrons. The monoisotopic (exact) mass is 223 g/mol. The third kappa shape index (κ3) is 1.98. The van der Waals surface area contributed by atoms with Crippen molar-refractivity contribution in [2.24, 2.45) is 0 Å². The first kappa shape index (κ1) is 10.1. The minimum Gasteiger partial charge on any atom is -0.472 e. The average molecular weight is 224 g/mol. The van der Waals surface area contributed by atoms with Crippen molar-refractivity contribution in [3.8, 4) is 0 Å². The van der Waals surface area contributed by atoms with Gasteiger partial charge in [0.15, 0.2) is 0 Å². The molecule has 0 fully saturated rings. The molecule has 78 valence electrons. The van der Waals surface area contributed by atoms with Crippen LogP contribution in [0.5, 0.6) is 0 Å². The van der Waals surface area contributed by atoms with Gasteiger partial charge in [0.05, 0.1) is 12.5 Å². The maximum absolute atomic E-state index is 9.97. The zero-order valence-corrected chi connectivity index (χ0v) is 8.61. The first-order chi connectivity index (χ1) is 7.18. The quantitative estimate of drug-likeness (QED) is 0.770. The smallest absolute Gasteiger partial charge is 0.109 e. The second kappa shape index (κ2) is 3.96. The van der Waals surface area contributed by atoms with Crippen molar-refractivity contribution < 1.29 is 9.52 Å². The molecule has 0 spiro atoms. The Morgan fingerprint density at radius 3 is 2.73 bits per heavy atom. The third-order valence-corrected chi connectivity index (χ3v) is 2.44. The van der Waals surface area contributed by atoms with Crippen molar-refractivity contribution in [1.29, 1.82) is 0 Å². The van der Waals surface area contributed by atoms with E-state index in [0.29, 0.717) is 21.8 Å². The molecule has 1 aromatic heterocycles. The van der Waals surface area contributed by atoms with Crippen LogP contribution in [0.4, 0.5) is 5.69 Å². The molecule has 1 atom stereocenters. The zero-order chi connectivity index (χ0) is 10.8. The lowest BCUT2D eigenvalue weighted by Gasteiger charge is -2.11. The normalized spacial score (nSPS) is 12.7. The van der Waals surface area contributed by atoms with E-state index in [9.17, 15) is 5.11 Å². The maximum atomic E-state index is 9.97. The number of aliphatic hydroxyl groups is 1. The molecule has 1 heterocycles. The number of nitrogen functional groups attached to an aromatic ring is 1. The molecular formula is C11H10ClNO2. The largest absolute Gasteiger partial charge is 0.472 e. The summed E-state index contributed by atoms with van der Waals surface area (Å²) in [6, 6.07) is 6.70. The number of furan rings is 1. The van der Waals surface area contributed by atoms with E-state index in [1.54, 1.807) is 24.3 Å². The molecule has 0 aliphatic heterocycles. The Bertz CT molecular complexity index is 454. The molecule has 1 aromatic carbocycles. The van der Waals surface area contributed by atoms with Crippen molar-refractivity contribution in [3.05, 3.63) is 52.9 Å². The van der Waals surface area contributed by atoms with Gasteiger partial charge in [-0.1, -0.05) is 17.7 Å². The van der Waals surface area contributed by atoms with E-state index < -0.39 is 6.10 Å². The minimum absolute atomic E-state index is 0.469. The molecule has 0 aliphatic carbocycles. The SMILES string of the molecule is Nc1cc(Cl)ccc1C(O)c1ccoc1. The molecule has 4 heteroatoms. The van der Waals surface area contributed by atoms with Gasteiger partial charge in [0.25, 0.3) is 0 Å². The van der Waals surface area contributed by atoms with Crippen LogP contribution in [0.2, 0.25) is 5.02 Å². The highest BCUT2D eigenvalue weighted by molar-refractivity contribution is 6.30. The Hall–Kier alpha value is -1.45. The van der Waals surface area contributed by atoms with Crippen LogP contribution in [0.15, 0.2) is 41.2 Å². The summed E-state index contributed by atoms with van der Waals surface area (Å²) in [4.78, 5) is 0. The van der Waals surface area contributed by atoms with E-state index in [1.165, 1.54) is 12.5 Å². The highest BCUT2D eigenvalue weighted by Gasteiger charge is 2.14. The second-order valence-corrected chi connectivity index (χ2v) is 3.67. The summed E-state index contributed by atoms with van der Waals surface area (Å²) in [6.45, 7) is 0. The van der Waals surface area contributed by atoms with Crippen LogP contribution in [0.1, 0.15) is 17.2 Å². The highest BCUT2D eigenvalue weighted by Crippen LogP contribution is 2.28.